The SMILES string of the molecule is CC(=O)O.CCOC(C)=O.O.O=CO. The molecule has 7 nitrogen and oxygen atoms in total. The van der Waals surface area contributed by atoms with Gasteiger partial charge >= 0.3 is 5.97 Å². The van der Waals surface area contributed by atoms with Crippen LogP contribution in [0, 0.1) is 0 Å². The summed E-state index contributed by atoms with van der Waals surface area (Å²) in [5.41, 5.74) is 0. The number of carbonyl (C=O) groups excluding carboxylic acids is 1. The number of ether oxygens (including phenoxy) is 1. The van der Waals surface area contributed by atoms with Gasteiger partial charge in [-0.1, -0.05) is 0 Å². The number of esters is 1. The molecule has 0 radical (unpaired) electrons. The smallest absolute Gasteiger partial charge is 0.302 e. The molecule has 0 saturated carbocycles. The van der Waals surface area contributed by atoms with Gasteiger partial charge in [0, 0.05) is 13.8 Å². The highest BCUT2D eigenvalue weighted by molar-refractivity contribution is 5.65. The molecule has 7 heteroatoms. The normalized spacial score (nSPS) is 5.93. The van der Waals surface area contributed by atoms with Crippen molar-refractivity contribution in [3.05, 3.63) is 0 Å². The first-order valence-corrected chi connectivity index (χ1v) is 3.33. The van der Waals surface area contributed by atoms with Crippen molar-refractivity contribution in [3.63, 3.8) is 0 Å². The first-order valence-electron chi connectivity index (χ1n) is 3.33. The topological polar surface area (TPSA) is 132 Å². The number of carbonyl (C=O) groups is 3. The average Bonchev–Trinajstić information content (AvgIpc) is 1.86. The van der Waals surface area contributed by atoms with Crippen molar-refractivity contribution in [2.24, 2.45) is 0 Å². The molecule has 4 N–H and O–H groups in total. The van der Waals surface area contributed by atoms with Crippen molar-refractivity contribution in [2.75, 3.05) is 6.61 Å². The van der Waals surface area contributed by atoms with Crippen LogP contribution in [0.25, 0.3) is 0 Å². The molecule has 0 bridgehead atoms. The molecule has 0 aliphatic heterocycles. The van der Waals surface area contributed by atoms with Gasteiger partial charge in [0.25, 0.3) is 12.4 Å². The zero-order valence-corrected chi connectivity index (χ0v) is 8.31. The van der Waals surface area contributed by atoms with E-state index in [0.29, 0.717) is 6.61 Å². The maximum absolute atomic E-state index is 9.82. The second-order valence-corrected chi connectivity index (χ2v) is 1.55. The Labute approximate surface area is 81.6 Å². The quantitative estimate of drug-likeness (QED) is 0.446. The average molecular weight is 212 g/mol. The second-order valence-electron chi connectivity index (χ2n) is 1.55. The molecule has 0 amide bonds. The fraction of sp³-hybridized carbons (Fsp3) is 0.571. The number of aliphatic carboxylic acids is 1. The lowest BCUT2D eigenvalue weighted by Gasteiger charge is -1.89. The summed E-state index contributed by atoms with van der Waals surface area (Å²) in [5, 5.41) is 14.3. The number of carboxylic acids is 1. The highest BCUT2D eigenvalue weighted by Crippen LogP contribution is 1.69. The summed E-state index contributed by atoms with van der Waals surface area (Å²) in [6, 6.07) is 0. The number of rotatable bonds is 1. The minimum Gasteiger partial charge on any atom is -0.483 e. The van der Waals surface area contributed by atoms with Gasteiger partial charge in [-0.3, -0.25) is 14.4 Å². The van der Waals surface area contributed by atoms with Crippen LogP contribution in [0.1, 0.15) is 20.8 Å². The van der Waals surface area contributed by atoms with Crippen molar-refractivity contribution in [1.82, 2.24) is 0 Å². The molecular formula is C7H16O7. The summed E-state index contributed by atoms with van der Waals surface area (Å²) in [6.45, 7) is 4.49. The summed E-state index contributed by atoms with van der Waals surface area (Å²) in [6.07, 6.45) is 0. The zero-order valence-electron chi connectivity index (χ0n) is 8.31. The Hall–Kier alpha value is -1.63. The monoisotopic (exact) mass is 212 g/mol. The number of carboxylic acid groups (broad SMARTS) is 2. The molecule has 0 unspecified atom stereocenters. The van der Waals surface area contributed by atoms with Gasteiger partial charge in [0.1, 0.15) is 0 Å². The molecule has 0 rings (SSSR count). The van der Waals surface area contributed by atoms with E-state index in [2.05, 4.69) is 4.74 Å². The predicted octanol–water partition coefficient (Wildman–Crippen LogP) is -0.464. The maximum Gasteiger partial charge on any atom is 0.302 e. The van der Waals surface area contributed by atoms with Crippen LogP contribution in [0.2, 0.25) is 0 Å². The predicted molar refractivity (Wildman–Crippen MR) is 47.9 cm³/mol. The van der Waals surface area contributed by atoms with Crippen molar-refractivity contribution < 1.29 is 34.8 Å². The Bertz CT molecular complexity index is 139. The maximum atomic E-state index is 9.82. The van der Waals surface area contributed by atoms with Gasteiger partial charge in [-0.15, -0.1) is 0 Å². The zero-order chi connectivity index (χ0) is 11.3. The lowest BCUT2D eigenvalue weighted by molar-refractivity contribution is -0.140. The standard InChI is InChI=1S/C4H8O2.C2H4O2.CH2O2.H2O/c1-3-6-4(2)5;1-2(3)4;2-1-3;/h3H2,1-2H3;1H3,(H,3,4);1H,(H,2,3);1H2. The first-order chi connectivity index (χ1) is 5.92. The van der Waals surface area contributed by atoms with Crippen molar-refractivity contribution in [3.8, 4) is 0 Å². The van der Waals surface area contributed by atoms with Gasteiger partial charge in [0.2, 0.25) is 0 Å². The Morgan fingerprint density at radius 1 is 1.36 bits per heavy atom. The Kier molecular flexibility index (Phi) is 36.7. The van der Waals surface area contributed by atoms with E-state index in [0.717, 1.165) is 6.92 Å². The molecule has 86 valence electrons. The number of hydrogen-bond donors (Lipinski definition) is 2. The van der Waals surface area contributed by atoms with Crippen LogP contribution in [0.15, 0.2) is 0 Å². The van der Waals surface area contributed by atoms with Gasteiger partial charge in [0.05, 0.1) is 6.61 Å². The summed E-state index contributed by atoms with van der Waals surface area (Å²) in [5.74, 6) is -1.04. The van der Waals surface area contributed by atoms with E-state index in [1.807, 2.05) is 0 Å². The lowest BCUT2D eigenvalue weighted by atomic mass is 10.8. The van der Waals surface area contributed by atoms with Gasteiger partial charge < -0.3 is 20.4 Å². The van der Waals surface area contributed by atoms with Gasteiger partial charge in [0.15, 0.2) is 0 Å². The van der Waals surface area contributed by atoms with Crippen molar-refractivity contribution in [2.45, 2.75) is 20.8 Å². The molecule has 0 aromatic rings. The summed E-state index contributed by atoms with van der Waals surface area (Å²) in [4.78, 5) is 27.2. The van der Waals surface area contributed by atoms with Crippen LogP contribution < -0.4 is 0 Å². The summed E-state index contributed by atoms with van der Waals surface area (Å²) in [7, 11) is 0. The lowest BCUT2D eigenvalue weighted by Crippen LogP contribution is -1.95. The second kappa shape index (κ2) is 22.5. The van der Waals surface area contributed by atoms with Crippen LogP contribution in [-0.2, 0) is 19.1 Å². The minimum atomic E-state index is -0.833. The molecule has 0 saturated heterocycles. The molecule has 0 fully saturated rings. The highest BCUT2D eigenvalue weighted by atomic mass is 16.5. The molecular weight excluding hydrogens is 196 g/mol. The van der Waals surface area contributed by atoms with E-state index < -0.39 is 5.97 Å². The van der Waals surface area contributed by atoms with E-state index >= 15 is 0 Å². The third-order valence-corrected chi connectivity index (χ3v) is 0.348. The van der Waals surface area contributed by atoms with E-state index in [1.165, 1.54) is 6.92 Å². The third kappa shape index (κ3) is 485. The summed E-state index contributed by atoms with van der Waals surface area (Å²) >= 11 is 0. The van der Waals surface area contributed by atoms with Crippen molar-refractivity contribution in [1.29, 1.82) is 0 Å². The van der Waals surface area contributed by atoms with Crippen LogP contribution in [0.5, 0.6) is 0 Å². The van der Waals surface area contributed by atoms with Gasteiger partial charge in [-0.2, -0.15) is 0 Å². The van der Waals surface area contributed by atoms with Crippen LogP contribution in [-0.4, -0.2) is 40.7 Å². The van der Waals surface area contributed by atoms with Crippen LogP contribution >= 0.6 is 0 Å². The Morgan fingerprint density at radius 3 is 1.57 bits per heavy atom. The van der Waals surface area contributed by atoms with Gasteiger partial charge in [-0.25, -0.2) is 0 Å². The molecule has 0 aromatic carbocycles. The third-order valence-electron chi connectivity index (χ3n) is 0.348. The molecule has 0 spiro atoms. The van der Waals surface area contributed by atoms with E-state index in [4.69, 9.17) is 19.8 Å². The molecule has 0 aromatic heterocycles. The van der Waals surface area contributed by atoms with Crippen LogP contribution in [0.4, 0.5) is 0 Å². The highest BCUT2D eigenvalue weighted by Gasteiger charge is 1.81. The fourth-order valence-electron chi connectivity index (χ4n) is 0.203. The Morgan fingerprint density at radius 2 is 1.57 bits per heavy atom. The first kappa shape index (κ1) is 22.8. The van der Waals surface area contributed by atoms with E-state index in [-0.39, 0.29) is 17.9 Å². The van der Waals surface area contributed by atoms with Gasteiger partial charge in [-0.05, 0) is 6.92 Å². The fourth-order valence-corrected chi connectivity index (χ4v) is 0.203. The molecule has 14 heavy (non-hydrogen) atoms. The summed E-state index contributed by atoms with van der Waals surface area (Å²) < 4.78 is 4.40. The minimum absolute atomic E-state index is 0. The molecule has 0 heterocycles. The van der Waals surface area contributed by atoms with E-state index in [1.54, 1.807) is 6.92 Å². The molecule has 0 aliphatic carbocycles. The Balaban J connectivity index is -0.0000000553. The van der Waals surface area contributed by atoms with Crippen molar-refractivity contribution >= 4 is 18.4 Å². The number of hydrogen-bond acceptors (Lipinski definition) is 4. The van der Waals surface area contributed by atoms with Crippen LogP contribution in [0.3, 0.4) is 0 Å². The van der Waals surface area contributed by atoms with E-state index in [9.17, 15) is 4.79 Å². The largest absolute Gasteiger partial charge is 0.483 e. The molecule has 0 aliphatic rings. The molecule has 0 atom stereocenters.